The van der Waals surface area contributed by atoms with E-state index in [9.17, 15) is 4.79 Å². The van der Waals surface area contributed by atoms with Gasteiger partial charge in [0, 0.05) is 24.0 Å². The van der Waals surface area contributed by atoms with Crippen LogP contribution in [0.3, 0.4) is 0 Å². The van der Waals surface area contributed by atoms with Crippen molar-refractivity contribution in [3.05, 3.63) is 89.0 Å². The van der Waals surface area contributed by atoms with Crippen LogP contribution in [-0.4, -0.2) is 31.8 Å². The van der Waals surface area contributed by atoms with Gasteiger partial charge in [-0.2, -0.15) is 0 Å². The third kappa shape index (κ3) is 3.46. The molecule has 160 valence electrons. The number of esters is 1. The number of hydrogen-bond donors (Lipinski definition) is 1. The summed E-state index contributed by atoms with van der Waals surface area (Å²) in [6, 6.07) is 17.1. The summed E-state index contributed by atoms with van der Waals surface area (Å²) >= 11 is 6.16. The van der Waals surface area contributed by atoms with E-state index in [0.29, 0.717) is 28.5 Å². The fraction of sp³-hybridized carbons (Fsp3) is 0.125. The molecule has 0 aliphatic rings. The van der Waals surface area contributed by atoms with Gasteiger partial charge < -0.3 is 14.5 Å². The van der Waals surface area contributed by atoms with Crippen molar-refractivity contribution in [2.75, 3.05) is 12.4 Å². The highest BCUT2D eigenvalue weighted by Gasteiger charge is 2.21. The maximum absolute atomic E-state index is 12.1. The number of carbonyl (C=O) groups excluding carboxylic acids is 1. The maximum atomic E-state index is 12.1. The predicted octanol–water partition coefficient (Wildman–Crippen LogP) is 5.01. The van der Waals surface area contributed by atoms with Crippen LogP contribution in [-0.2, 0) is 11.3 Å². The number of anilines is 1. The lowest BCUT2D eigenvalue weighted by molar-refractivity contribution is 0.0600. The quantitative estimate of drug-likeness (QED) is 0.385. The van der Waals surface area contributed by atoms with Crippen LogP contribution in [0.25, 0.3) is 22.6 Å². The van der Waals surface area contributed by atoms with Crippen LogP contribution in [0.4, 0.5) is 5.82 Å². The van der Waals surface area contributed by atoms with Gasteiger partial charge in [-0.25, -0.2) is 14.8 Å². The lowest BCUT2D eigenvalue weighted by Gasteiger charge is -2.09. The summed E-state index contributed by atoms with van der Waals surface area (Å²) < 4.78 is 8.78. The summed E-state index contributed by atoms with van der Waals surface area (Å²) in [5, 5.41) is 4.15. The molecule has 0 aliphatic heterocycles. The summed E-state index contributed by atoms with van der Waals surface area (Å²) in [4.78, 5) is 21.8. The molecule has 0 saturated heterocycles. The zero-order chi connectivity index (χ0) is 22.2. The number of pyridine rings is 2. The second-order valence-corrected chi connectivity index (χ2v) is 7.83. The minimum absolute atomic E-state index is 0.411. The molecule has 32 heavy (non-hydrogen) atoms. The number of aryl methyl sites for hydroxylation is 1. The van der Waals surface area contributed by atoms with Gasteiger partial charge in [-0.1, -0.05) is 29.8 Å². The van der Waals surface area contributed by atoms with Crippen LogP contribution in [0.2, 0.25) is 5.02 Å². The maximum Gasteiger partial charge on any atom is 0.339 e. The van der Waals surface area contributed by atoms with Crippen molar-refractivity contribution in [3.63, 3.8) is 0 Å². The first-order chi connectivity index (χ1) is 15.5. The number of rotatable bonds is 5. The van der Waals surface area contributed by atoms with E-state index >= 15 is 0 Å². The number of carbonyl (C=O) groups is 1. The Balaban J connectivity index is 1.69. The predicted molar refractivity (Wildman–Crippen MR) is 124 cm³/mol. The van der Waals surface area contributed by atoms with Gasteiger partial charge in [-0.3, -0.25) is 4.40 Å². The zero-order valence-corrected chi connectivity index (χ0v) is 18.3. The Bertz CT molecular complexity index is 1470. The standard InChI is InChI=1S/C24H20ClN5O2/c1-15-27-21(19-8-3-4-11-29(15)19)22-23(26-13-16-6-5-7-18(25)12-16)30-14-17(24(31)32-2)9-10-20(30)28-22/h3-12,14,26H,13H2,1-2H3. The van der Waals surface area contributed by atoms with E-state index in [2.05, 4.69) is 5.32 Å². The summed E-state index contributed by atoms with van der Waals surface area (Å²) in [5.74, 6) is 1.18. The van der Waals surface area contributed by atoms with Gasteiger partial charge in [0.15, 0.2) is 0 Å². The molecule has 7 nitrogen and oxygen atoms in total. The molecule has 0 bridgehead atoms. The van der Waals surface area contributed by atoms with Crippen molar-refractivity contribution in [1.29, 1.82) is 0 Å². The van der Waals surface area contributed by atoms with Gasteiger partial charge in [-0.05, 0) is 48.9 Å². The molecule has 1 aromatic carbocycles. The van der Waals surface area contributed by atoms with Crippen LogP contribution >= 0.6 is 11.6 Å². The molecule has 0 unspecified atom stereocenters. The van der Waals surface area contributed by atoms with Crippen LogP contribution in [0.5, 0.6) is 0 Å². The van der Waals surface area contributed by atoms with E-state index < -0.39 is 5.97 Å². The number of ether oxygens (including phenoxy) is 1. The number of imidazole rings is 2. The molecule has 8 heteroatoms. The molecule has 0 aliphatic carbocycles. The fourth-order valence-electron chi connectivity index (χ4n) is 3.82. The van der Waals surface area contributed by atoms with E-state index in [1.54, 1.807) is 18.3 Å². The molecule has 0 amide bonds. The van der Waals surface area contributed by atoms with Gasteiger partial charge in [0.2, 0.25) is 0 Å². The Kier molecular flexibility index (Phi) is 5.03. The number of methoxy groups -OCH3 is 1. The summed E-state index contributed by atoms with van der Waals surface area (Å²) in [7, 11) is 1.37. The first-order valence-corrected chi connectivity index (χ1v) is 10.5. The highest BCUT2D eigenvalue weighted by molar-refractivity contribution is 6.30. The van der Waals surface area contributed by atoms with Crippen molar-refractivity contribution < 1.29 is 9.53 Å². The second kappa shape index (κ2) is 8.01. The molecule has 0 atom stereocenters. The first-order valence-electron chi connectivity index (χ1n) is 10.1. The number of halogens is 1. The number of hydrogen-bond acceptors (Lipinski definition) is 5. The number of benzene rings is 1. The molecular formula is C24H20ClN5O2. The summed E-state index contributed by atoms with van der Waals surface area (Å²) in [6.07, 6.45) is 3.70. The molecular weight excluding hydrogens is 426 g/mol. The molecule has 0 fully saturated rings. The van der Waals surface area contributed by atoms with Crippen LogP contribution in [0.15, 0.2) is 67.0 Å². The van der Waals surface area contributed by atoms with Crippen LogP contribution < -0.4 is 5.32 Å². The zero-order valence-electron chi connectivity index (χ0n) is 17.5. The monoisotopic (exact) mass is 445 g/mol. The molecule has 4 aromatic heterocycles. The largest absolute Gasteiger partial charge is 0.465 e. The van der Waals surface area contributed by atoms with E-state index in [-0.39, 0.29) is 0 Å². The van der Waals surface area contributed by atoms with Gasteiger partial charge in [0.05, 0.1) is 18.2 Å². The Labute approximate surface area is 189 Å². The smallest absolute Gasteiger partial charge is 0.339 e. The van der Waals surface area contributed by atoms with Gasteiger partial charge in [0.1, 0.15) is 28.7 Å². The topological polar surface area (TPSA) is 72.9 Å². The molecule has 5 rings (SSSR count). The first kappa shape index (κ1) is 20.1. The van der Waals surface area contributed by atoms with Gasteiger partial charge in [0.25, 0.3) is 0 Å². The van der Waals surface area contributed by atoms with E-state index in [0.717, 1.165) is 28.4 Å². The normalized spacial score (nSPS) is 11.2. The van der Waals surface area contributed by atoms with Crippen molar-refractivity contribution in [2.24, 2.45) is 0 Å². The molecule has 5 aromatic rings. The van der Waals surface area contributed by atoms with Crippen LogP contribution in [0.1, 0.15) is 21.7 Å². The van der Waals surface area contributed by atoms with Crippen molar-refractivity contribution in [3.8, 4) is 11.4 Å². The van der Waals surface area contributed by atoms with Crippen molar-refractivity contribution in [1.82, 2.24) is 18.8 Å². The molecule has 0 saturated carbocycles. The van der Waals surface area contributed by atoms with E-state index in [1.807, 2.05) is 64.4 Å². The third-order valence-corrected chi connectivity index (χ3v) is 5.57. The average molecular weight is 446 g/mol. The fourth-order valence-corrected chi connectivity index (χ4v) is 4.03. The van der Waals surface area contributed by atoms with E-state index in [1.165, 1.54) is 7.11 Å². The highest BCUT2D eigenvalue weighted by Crippen LogP contribution is 2.32. The molecule has 0 spiro atoms. The van der Waals surface area contributed by atoms with Gasteiger partial charge in [-0.15, -0.1) is 0 Å². The SMILES string of the molecule is COC(=O)c1ccc2nc(-c3nc(C)n4ccccc34)c(NCc3cccc(Cl)c3)n2c1. The highest BCUT2D eigenvalue weighted by atomic mass is 35.5. The number of fused-ring (bicyclic) bond motifs is 2. The minimum atomic E-state index is -0.411. The lowest BCUT2D eigenvalue weighted by Crippen LogP contribution is -2.06. The lowest BCUT2D eigenvalue weighted by atomic mass is 10.2. The van der Waals surface area contributed by atoms with Crippen molar-refractivity contribution >= 4 is 34.6 Å². The Morgan fingerprint density at radius 2 is 1.94 bits per heavy atom. The summed E-state index contributed by atoms with van der Waals surface area (Å²) in [6.45, 7) is 2.48. The Hall–Kier alpha value is -3.84. The molecule has 0 radical (unpaired) electrons. The minimum Gasteiger partial charge on any atom is -0.465 e. The number of nitrogens with one attached hydrogen (secondary N) is 1. The summed E-state index contributed by atoms with van der Waals surface area (Å²) in [5.41, 5.74) is 4.56. The Morgan fingerprint density at radius 3 is 2.75 bits per heavy atom. The molecule has 4 heterocycles. The van der Waals surface area contributed by atoms with Crippen LogP contribution in [0, 0.1) is 6.92 Å². The Morgan fingerprint density at radius 1 is 1.06 bits per heavy atom. The molecule has 1 N–H and O–H groups in total. The van der Waals surface area contributed by atoms with E-state index in [4.69, 9.17) is 26.3 Å². The third-order valence-electron chi connectivity index (χ3n) is 5.34. The van der Waals surface area contributed by atoms with Gasteiger partial charge >= 0.3 is 5.97 Å². The average Bonchev–Trinajstić information content (AvgIpc) is 3.34. The van der Waals surface area contributed by atoms with Crippen molar-refractivity contribution in [2.45, 2.75) is 13.5 Å². The number of nitrogens with zero attached hydrogens (tertiary/aromatic N) is 4. The second-order valence-electron chi connectivity index (χ2n) is 7.39. The number of aromatic nitrogens is 4.